The Kier molecular flexibility index (Phi) is 11.0. The molecule has 0 atom stereocenters. The fourth-order valence-corrected chi connectivity index (χ4v) is 3.46. The summed E-state index contributed by atoms with van der Waals surface area (Å²) in [4.78, 5) is 23.1. The predicted molar refractivity (Wildman–Crippen MR) is 109 cm³/mol. The van der Waals surface area contributed by atoms with Crippen LogP contribution in [0.4, 0.5) is 0 Å². The largest absolute Gasteiger partial charge is 0.373 e. The second kappa shape index (κ2) is 11.2. The van der Waals surface area contributed by atoms with E-state index in [1.54, 1.807) is 13.8 Å². The average Bonchev–Trinajstić information content (AvgIpc) is 2.48. The Hall–Kier alpha value is -0.560. The van der Waals surface area contributed by atoms with Gasteiger partial charge in [-0.1, -0.05) is 36.7 Å². The molecule has 0 bridgehead atoms. The molecule has 0 aromatic heterocycles. The molecular weight excluding hydrogens is 356 g/mol. The fraction of sp³-hybridized carbons (Fsp3) is 0.684. The van der Waals surface area contributed by atoms with Gasteiger partial charge in [-0.3, -0.25) is 9.59 Å². The fourth-order valence-electron chi connectivity index (χ4n) is 1.63. The lowest BCUT2D eigenvalue weighted by Crippen LogP contribution is -2.32. The second-order valence-corrected chi connectivity index (χ2v) is 9.25. The average molecular weight is 389 g/mol. The highest BCUT2D eigenvalue weighted by Gasteiger charge is 2.22. The molecule has 0 aliphatic heterocycles. The SMILES string of the molecule is C=C(C)C(=O)SCCC(C)(C)OCCOC(C)(C)CSC(=O)C(=C)C. The van der Waals surface area contributed by atoms with Crippen molar-refractivity contribution in [2.75, 3.05) is 24.7 Å². The van der Waals surface area contributed by atoms with E-state index in [0.29, 0.717) is 35.9 Å². The van der Waals surface area contributed by atoms with Gasteiger partial charge in [-0.05, 0) is 59.1 Å². The summed E-state index contributed by atoms with van der Waals surface area (Å²) in [6.07, 6.45) is 0.767. The molecule has 0 amide bonds. The zero-order chi connectivity index (χ0) is 19.7. The Morgan fingerprint density at radius 1 is 0.840 bits per heavy atom. The number of hydrogen-bond acceptors (Lipinski definition) is 6. The van der Waals surface area contributed by atoms with E-state index in [2.05, 4.69) is 13.2 Å². The van der Waals surface area contributed by atoms with Gasteiger partial charge in [0.2, 0.25) is 10.2 Å². The van der Waals surface area contributed by atoms with Crippen molar-refractivity contribution < 1.29 is 19.1 Å². The normalized spacial score (nSPS) is 12.1. The maximum atomic E-state index is 11.6. The zero-order valence-electron chi connectivity index (χ0n) is 16.4. The molecule has 0 aromatic rings. The lowest BCUT2D eigenvalue weighted by molar-refractivity contribution is -0.108. The van der Waals surface area contributed by atoms with Gasteiger partial charge >= 0.3 is 0 Å². The van der Waals surface area contributed by atoms with Crippen molar-refractivity contribution in [2.45, 2.75) is 59.2 Å². The first-order valence-electron chi connectivity index (χ1n) is 8.29. The summed E-state index contributed by atoms with van der Waals surface area (Å²) in [7, 11) is 0. The molecule has 0 aliphatic rings. The minimum absolute atomic E-state index is 0.00383. The van der Waals surface area contributed by atoms with E-state index in [-0.39, 0.29) is 15.8 Å². The van der Waals surface area contributed by atoms with Crippen molar-refractivity contribution in [3.8, 4) is 0 Å². The highest BCUT2D eigenvalue weighted by atomic mass is 32.2. The van der Waals surface area contributed by atoms with Crippen LogP contribution in [0.1, 0.15) is 48.0 Å². The van der Waals surface area contributed by atoms with Gasteiger partial charge in [0.25, 0.3) is 0 Å². The summed E-state index contributed by atoms with van der Waals surface area (Å²) in [5.74, 6) is 1.27. The number of carbonyl (C=O) groups excluding carboxylic acids is 2. The Balaban J connectivity index is 4.03. The number of rotatable bonds is 12. The molecule has 25 heavy (non-hydrogen) atoms. The Bertz CT molecular complexity index is 496. The van der Waals surface area contributed by atoms with E-state index in [0.717, 1.165) is 6.42 Å². The topological polar surface area (TPSA) is 52.6 Å². The summed E-state index contributed by atoms with van der Waals surface area (Å²) >= 11 is 2.50. The van der Waals surface area contributed by atoms with Crippen molar-refractivity contribution >= 4 is 33.8 Å². The van der Waals surface area contributed by atoms with Crippen molar-refractivity contribution in [3.63, 3.8) is 0 Å². The second-order valence-electron chi connectivity index (χ2n) is 7.24. The molecule has 144 valence electrons. The summed E-state index contributed by atoms with van der Waals surface area (Å²) in [5.41, 5.74) is 0.393. The lowest BCUT2D eigenvalue weighted by Gasteiger charge is -2.28. The molecule has 0 fully saturated rings. The maximum Gasteiger partial charge on any atom is 0.214 e. The Morgan fingerprint density at radius 2 is 1.28 bits per heavy atom. The molecule has 0 aromatic carbocycles. The Labute approximate surface area is 161 Å². The minimum Gasteiger partial charge on any atom is -0.373 e. The van der Waals surface area contributed by atoms with Crippen LogP contribution >= 0.6 is 23.5 Å². The van der Waals surface area contributed by atoms with E-state index in [9.17, 15) is 9.59 Å². The van der Waals surface area contributed by atoms with Crippen LogP contribution in [-0.2, 0) is 19.1 Å². The van der Waals surface area contributed by atoms with Gasteiger partial charge in [-0.15, -0.1) is 0 Å². The van der Waals surface area contributed by atoms with Crippen LogP contribution in [-0.4, -0.2) is 46.2 Å². The van der Waals surface area contributed by atoms with Crippen LogP contribution in [0.2, 0.25) is 0 Å². The Morgan fingerprint density at radius 3 is 1.76 bits per heavy atom. The van der Waals surface area contributed by atoms with Crippen molar-refractivity contribution in [3.05, 3.63) is 24.3 Å². The van der Waals surface area contributed by atoms with Gasteiger partial charge in [0.1, 0.15) is 0 Å². The molecule has 4 nitrogen and oxygen atoms in total. The van der Waals surface area contributed by atoms with Crippen LogP contribution in [0.5, 0.6) is 0 Å². The van der Waals surface area contributed by atoms with Gasteiger partial charge < -0.3 is 9.47 Å². The third-order valence-electron chi connectivity index (χ3n) is 3.25. The highest BCUT2D eigenvalue weighted by molar-refractivity contribution is 8.14. The first kappa shape index (κ1) is 24.4. The molecule has 0 N–H and O–H groups in total. The summed E-state index contributed by atoms with van der Waals surface area (Å²) in [5, 5.41) is 0.0264. The van der Waals surface area contributed by atoms with E-state index in [1.807, 2.05) is 27.7 Å². The minimum atomic E-state index is -0.410. The molecule has 0 radical (unpaired) electrons. The summed E-state index contributed by atoms with van der Waals surface area (Å²) in [6, 6.07) is 0. The smallest absolute Gasteiger partial charge is 0.214 e. The number of thioether (sulfide) groups is 2. The summed E-state index contributed by atoms with van der Waals surface area (Å²) in [6.45, 7) is 19.6. The molecule has 0 rings (SSSR count). The predicted octanol–water partition coefficient (Wildman–Crippen LogP) is 4.64. The first-order chi connectivity index (χ1) is 11.4. The van der Waals surface area contributed by atoms with E-state index in [1.165, 1.54) is 23.5 Å². The molecular formula is C19H32O4S2. The van der Waals surface area contributed by atoms with Gasteiger partial charge in [-0.25, -0.2) is 0 Å². The van der Waals surface area contributed by atoms with Crippen LogP contribution in [0.25, 0.3) is 0 Å². The number of ether oxygens (including phenoxy) is 2. The van der Waals surface area contributed by atoms with E-state index in [4.69, 9.17) is 9.47 Å². The molecule has 0 heterocycles. The molecule has 0 spiro atoms. The van der Waals surface area contributed by atoms with Crippen molar-refractivity contribution in [1.82, 2.24) is 0 Å². The first-order valence-corrected chi connectivity index (χ1v) is 10.3. The standard InChI is InChI=1S/C19H32O4S2/c1-14(2)16(20)24-12-9-18(5,6)22-10-11-23-19(7,8)13-25-17(21)15(3)4/h1,3,9-13H2,2,4-8H3. The van der Waals surface area contributed by atoms with Gasteiger partial charge in [0.15, 0.2) is 0 Å². The van der Waals surface area contributed by atoms with Gasteiger partial charge in [-0.2, -0.15) is 0 Å². The molecule has 0 saturated heterocycles. The van der Waals surface area contributed by atoms with Crippen LogP contribution in [0.15, 0.2) is 24.3 Å². The van der Waals surface area contributed by atoms with E-state index < -0.39 is 5.60 Å². The van der Waals surface area contributed by atoms with Crippen molar-refractivity contribution in [1.29, 1.82) is 0 Å². The van der Waals surface area contributed by atoms with Crippen LogP contribution in [0, 0.1) is 0 Å². The van der Waals surface area contributed by atoms with E-state index >= 15 is 0 Å². The molecule has 6 heteroatoms. The van der Waals surface area contributed by atoms with Gasteiger partial charge in [0.05, 0.1) is 24.4 Å². The third kappa shape index (κ3) is 12.4. The van der Waals surface area contributed by atoms with Gasteiger partial charge in [0, 0.05) is 11.5 Å². The highest BCUT2D eigenvalue weighted by Crippen LogP contribution is 2.22. The van der Waals surface area contributed by atoms with Crippen molar-refractivity contribution in [2.24, 2.45) is 0 Å². The molecule has 0 saturated carbocycles. The monoisotopic (exact) mass is 388 g/mol. The van der Waals surface area contributed by atoms with Crippen LogP contribution in [0.3, 0.4) is 0 Å². The lowest BCUT2D eigenvalue weighted by atomic mass is 10.1. The van der Waals surface area contributed by atoms with Crippen LogP contribution < -0.4 is 0 Å². The molecule has 0 aliphatic carbocycles. The quantitative estimate of drug-likeness (QED) is 0.359. The molecule has 0 unspecified atom stereocenters. The number of hydrogen-bond donors (Lipinski definition) is 0. The third-order valence-corrected chi connectivity index (χ3v) is 5.72. The summed E-state index contributed by atoms with van der Waals surface area (Å²) < 4.78 is 11.7. The zero-order valence-corrected chi connectivity index (χ0v) is 18.0. The maximum absolute atomic E-state index is 11.6. The number of carbonyl (C=O) groups is 2.